The van der Waals surface area contributed by atoms with Gasteiger partial charge in [-0.3, -0.25) is 4.79 Å². The third kappa shape index (κ3) is 2.72. The monoisotopic (exact) mass is 412 g/mol. The number of fused-ring (bicyclic) bond motifs is 2. The summed E-state index contributed by atoms with van der Waals surface area (Å²) in [5.41, 5.74) is 3.58. The second kappa shape index (κ2) is 6.79. The number of imidazole rings is 1. The van der Waals surface area contributed by atoms with E-state index < -0.39 is 29.8 Å². The molecule has 1 aromatic carbocycles. The first-order valence-electron chi connectivity index (χ1n) is 9.50. The molecule has 5 rings (SSSR count). The van der Waals surface area contributed by atoms with Crippen LogP contribution in [0.15, 0.2) is 39.8 Å². The lowest BCUT2D eigenvalue weighted by atomic mass is 9.99. The number of carbonyl (C=O) groups is 1. The topological polar surface area (TPSA) is 88.2 Å². The van der Waals surface area contributed by atoms with Gasteiger partial charge in [0.25, 0.3) is 12.3 Å². The lowest BCUT2D eigenvalue weighted by molar-refractivity contribution is 0.0625. The second-order valence-electron chi connectivity index (χ2n) is 7.38. The molecular weight excluding hydrogens is 394 g/mol. The summed E-state index contributed by atoms with van der Waals surface area (Å²) in [4.78, 5) is 25.7. The molecule has 4 heterocycles. The van der Waals surface area contributed by atoms with E-state index >= 15 is 0 Å². The van der Waals surface area contributed by atoms with Crippen molar-refractivity contribution in [3.8, 4) is 0 Å². The molecule has 30 heavy (non-hydrogen) atoms. The van der Waals surface area contributed by atoms with Crippen molar-refractivity contribution in [2.45, 2.75) is 32.7 Å². The molecule has 0 saturated carbocycles. The average molecular weight is 412 g/mol. The highest BCUT2D eigenvalue weighted by Gasteiger charge is 2.39. The van der Waals surface area contributed by atoms with Gasteiger partial charge in [-0.1, -0.05) is 12.1 Å². The summed E-state index contributed by atoms with van der Waals surface area (Å²) < 4.78 is 37.8. The van der Waals surface area contributed by atoms with Gasteiger partial charge >= 0.3 is 0 Å². The Morgan fingerprint density at radius 2 is 2.07 bits per heavy atom. The van der Waals surface area contributed by atoms with Crippen LogP contribution in [0.2, 0.25) is 0 Å². The summed E-state index contributed by atoms with van der Waals surface area (Å²) >= 11 is 0. The van der Waals surface area contributed by atoms with Crippen LogP contribution in [0.4, 0.5) is 8.78 Å². The van der Waals surface area contributed by atoms with Crippen molar-refractivity contribution < 1.29 is 22.4 Å². The lowest BCUT2D eigenvalue weighted by Gasteiger charge is -2.33. The molecule has 4 aromatic rings. The van der Waals surface area contributed by atoms with Crippen molar-refractivity contribution in [3.05, 3.63) is 70.6 Å². The highest BCUT2D eigenvalue weighted by atomic mass is 19.3. The van der Waals surface area contributed by atoms with E-state index in [1.165, 1.54) is 4.90 Å². The normalized spacial score (nSPS) is 16.4. The Balaban J connectivity index is 1.65. The molecule has 7 nitrogen and oxygen atoms in total. The summed E-state index contributed by atoms with van der Waals surface area (Å²) in [6.07, 6.45) is 0.0164. The maximum atomic E-state index is 13.3. The van der Waals surface area contributed by atoms with Gasteiger partial charge in [0.15, 0.2) is 12.1 Å². The van der Waals surface area contributed by atoms with Gasteiger partial charge < -0.3 is 18.7 Å². The number of aromatic amines is 1. The fraction of sp³-hybridized carbons (Fsp3) is 0.286. The number of rotatable bonds is 3. The molecule has 1 aliphatic heterocycles. The molecule has 1 atom stereocenters. The molecule has 0 radical (unpaired) electrons. The summed E-state index contributed by atoms with van der Waals surface area (Å²) in [5, 5.41) is 0.938. The van der Waals surface area contributed by atoms with Crippen LogP contribution in [0.1, 0.15) is 57.0 Å². The van der Waals surface area contributed by atoms with E-state index in [2.05, 4.69) is 15.0 Å². The first kappa shape index (κ1) is 18.5. The van der Waals surface area contributed by atoms with Crippen molar-refractivity contribution in [1.29, 1.82) is 0 Å². The number of aryl methyl sites for hydroxylation is 2. The van der Waals surface area contributed by atoms with Gasteiger partial charge in [-0.2, -0.15) is 0 Å². The molecule has 0 unspecified atom stereocenters. The predicted octanol–water partition coefficient (Wildman–Crippen LogP) is 4.49. The van der Waals surface area contributed by atoms with E-state index in [0.29, 0.717) is 17.9 Å². The molecule has 1 N–H and O–H groups in total. The van der Waals surface area contributed by atoms with Crippen LogP contribution >= 0.6 is 0 Å². The minimum absolute atomic E-state index is 0.289. The SMILES string of the molecule is Cc1ccc(C)c2oc([C@@H]3c4nc[nH]c4CCN3C(=O)c3ocnc3C(F)F)cc12. The average Bonchev–Trinajstić information content (AvgIpc) is 3.48. The smallest absolute Gasteiger partial charge is 0.292 e. The maximum Gasteiger partial charge on any atom is 0.292 e. The third-order valence-electron chi connectivity index (χ3n) is 5.57. The minimum atomic E-state index is -2.91. The Hall–Kier alpha value is -3.49. The van der Waals surface area contributed by atoms with E-state index in [0.717, 1.165) is 34.2 Å². The fourth-order valence-electron chi connectivity index (χ4n) is 4.03. The molecule has 1 amide bonds. The number of carbonyl (C=O) groups excluding carboxylic acids is 1. The number of halogens is 2. The van der Waals surface area contributed by atoms with Gasteiger partial charge in [0.2, 0.25) is 5.76 Å². The third-order valence-corrected chi connectivity index (χ3v) is 5.57. The Kier molecular flexibility index (Phi) is 4.19. The second-order valence-corrected chi connectivity index (χ2v) is 7.38. The molecule has 0 spiro atoms. The van der Waals surface area contributed by atoms with E-state index in [9.17, 15) is 13.6 Å². The summed E-state index contributed by atoms with van der Waals surface area (Å²) in [5.74, 6) is -0.616. The zero-order chi connectivity index (χ0) is 21.0. The van der Waals surface area contributed by atoms with Crippen molar-refractivity contribution in [1.82, 2.24) is 19.9 Å². The van der Waals surface area contributed by atoms with Crippen LogP contribution in [-0.2, 0) is 6.42 Å². The Morgan fingerprint density at radius 3 is 2.83 bits per heavy atom. The van der Waals surface area contributed by atoms with Crippen molar-refractivity contribution in [2.24, 2.45) is 0 Å². The van der Waals surface area contributed by atoms with E-state index in [1.807, 2.05) is 32.0 Å². The van der Waals surface area contributed by atoms with Gasteiger partial charge in [0.1, 0.15) is 17.4 Å². The first-order chi connectivity index (χ1) is 14.5. The number of furan rings is 1. The zero-order valence-corrected chi connectivity index (χ0v) is 16.3. The van der Waals surface area contributed by atoms with Crippen LogP contribution in [0.3, 0.4) is 0 Å². The maximum absolute atomic E-state index is 13.3. The number of hydrogen-bond donors (Lipinski definition) is 1. The number of nitrogens with one attached hydrogen (secondary N) is 1. The molecule has 0 aliphatic carbocycles. The van der Waals surface area contributed by atoms with Crippen LogP contribution in [-0.4, -0.2) is 32.3 Å². The number of nitrogens with zero attached hydrogens (tertiary/aromatic N) is 3. The highest BCUT2D eigenvalue weighted by molar-refractivity contribution is 5.93. The number of oxazole rings is 1. The van der Waals surface area contributed by atoms with Crippen LogP contribution in [0.5, 0.6) is 0 Å². The van der Waals surface area contributed by atoms with Crippen LogP contribution < -0.4 is 0 Å². The van der Waals surface area contributed by atoms with Gasteiger partial charge in [-0.25, -0.2) is 18.7 Å². The fourth-order valence-corrected chi connectivity index (χ4v) is 4.03. The number of aromatic nitrogens is 3. The van der Waals surface area contributed by atoms with Crippen LogP contribution in [0, 0.1) is 13.8 Å². The molecule has 1 aliphatic rings. The van der Waals surface area contributed by atoms with Crippen molar-refractivity contribution in [3.63, 3.8) is 0 Å². The van der Waals surface area contributed by atoms with E-state index in [4.69, 9.17) is 8.83 Å². The Labute approximate surface area is 169 Å². The van der Waals surface area contributed by atoms with Crippen molar-refractivity contribution >= 4 is 16.9 Å². The zero-order valence-electron chi connectivity index (χ0n) is 16.3. The Morgan fingerprint density at radius 1 is 1.27 bits per heavy atom. The molecular formula is C21H18F2N4O3. The quantitative estimate of drug-likeness (QED) is 0.536. The summed E-state index contributed by atoms with van der Waals surface area (Å²) in [6, 6.07) is 5.19. The van der Waals surface area contributed by atoms with Gasteiger partial charge in [0, 0.05) is 24.0 Å². The molecule has 154 valence electrons. The number of alkyl halides is 2. The minimum Gasteiger partial charge on any atom is -0.458 e. The largest absolute Gasteiger partial charge is 0.458 e. The van der Waals surface area contributed by atoms with Crippen molar-refractivity contribution in [2.75, 3.05) is 6.54 Å². The Bertz CT molecular complexity index is 1220. The predicted molar refractivity (Wildman–Crippen MR) is 102 cm³/mol. The highest BCUT2D eigenvalue weighted by Crippen LogP contribution is 2.39. The van der Waals surface area contributed by atoms with Gasteiger partial charge in [-0.05, 0) is 31.0 Å². The number of amides is 1. The number of hydrogen-bond acceptors (Lipinski definition) is 5. The molecule has 3 aromatic heterocycles. The molecule has 0 saturated heterocycles. The number of benzene rings is 1. The summed E-state index contributed by atoms with van der Waals surface area (Å²) in [7, 11) is 0. The van der Waals surface area contributed by atoms with E-state index in [-0.39, 0.29) is 6.54 Å². The van der Waals surface area contributed by atoms with Gasteiger partial charge in [-0.15, -0.1) is 0 Å². The summed E-state index contributed by atoms with van der Waals surface area (Å²) in [6.45, 7) is 4.22. The molecule has 0 bridgehead atoms. The van der Waals surface area contributed by atoms with Gasteiger partial charge in [0.05, 0.1) is 12.0 Å². The van der Waals surface area contributed by atoms with E-state index in [1.54, 1.807) is 6.33 Å². The van der Waals surface area contributed by atoms with Crippen LogP contribution in [0.25, 0.3) is 11.0 Å². The molecule has 0 fully saturated rings. The first-order valence-corrected chi connectivity index (χ1v) is 9.50. The standard InChI is InChI=1S/C21H18F2N4O3/c1-10-3-4-11(2)18-12(10)7-14(30-18)17-15-13(24-8-25-15)5-6-27(17)21(28)19-16(20(22)23)26-9-29-19/h3-4,7-9,17,20H,5-6H2,1-2H3,(H,24,25)/t17-/m1/s1. The number of H-pyrrole nitrogens is 1. The lowest BCUT2D eigenvalue weighted by Crippen LogP contribution is -2.40. The molecule has 9 heteroatoms.